The minimum atomic E-state index is -0.0848. The molecule has 0 bridgehead atoms. The molecule has 3 heteroatoms. The van der Waals surface area contributed by atoms with Gasteiger partial charge in [-0.05, 0) is 43.4 Å². The first-order valence-electron chi connectivity index (χ1n) is 8.35. The van der Waals surface area contributed by atoms with Crippen LogP contribution < -0.4 is 5.32 Å². The van der Waals surface area contributed by atoms with Gasteiger partial charge < -0.3 is 5.32 Å². The fourth-order valence-corrected chi connectivity index (χ4v) is 4.06. The molecule has 0 spiro atoms. The van der Waals surface area contributed by atoms with Crippen molar-refractivity contribution in [1.82, 2.24) is 5.32 Å². The number of benzene rings is 1. The summed E-state index contributed by atoms with van der Waals surface area (Å²) in [5, 5.41) is 3.62. The average Bonchev–Trinajstić information content (AvgIpc) is 2.49. The van der Waals surface area contributed by atoms with Crippen LogP contribution in [0.15, 0.2) is 22.7 Å². The van der Waals surface area contributed by atoms with Crippen LogP contribution in [0.2, 0.25) is 0 Å². The lowest BCUT2D eigenvalue weighted by atomic mass is 9.72. The van der Waals surface area contributed by atoms with Gasteiger partial charge in [-0.1, -0.05) is 61.5 Å². The van der Waals surface area contributed by atoms with Crippen LogP contribution in [0.4, 0.5) is 4.39 Å². The Balaban J connectivity index is 2.27. The SMILES string of the molecule is CCCNC(c1ccc(Br)cc1F)C1CCCCC1CC. The third-order valence-electron chi connectivity index (χ3n) is 4.83. The summed E-state index contributed by atoms with van der Waals surface area (Å²) in [4.78, 5) is 0. The van der Waals surface area contributed by atoms with Crippen LogP contribution in [0.25, 0.3) is 0 Å². The smallest absolute Gasteiger partial charge is 0.129 e. The minimum Gasteiger partial charge on any atom is -0.310 e. The predicted molar refractivity (Wildman–Crippen MR) is 90.9 cm³/mol. The van der Waals surface area contributed by atoms with Crippen molar-refractivity contribution in [3.8, 4) is 0 Å². The van der Waals surface area contributed by atoms with Crippen molar-refractivity contribution >= 4 is 15.9 Å². The summed E-state index contributed by atoms with van der Waals surface area (Å²) < 4.78 is 15.3. The van der Waals surface area contributed by atoms with E-state index < -0.39 is 0 Å². The van der Waals surface area contributed by atoms with Crippen LogP contribution in [0, 0.1) is 17.7 Å². The molecule has 3 atom stereocenters. The maximum atomic E-state index is 14.4. The van der Waals surface area contributed by atoms with E-state index in [2.05, 4.69) is 35.1 Å². The molecule has 0 heterocycles. The number of nitrogens with one attached hydrogen (secondary N) is 1. The number of halogens is 2. The Morgan fingerprint density at radius 2 is 2.05 bits per heavy atom. The van der Waals surface area contributed by atoms with Gasteiger partial charge in [0.1, 0.15) is 5.82 Å². The molecule has 1 aromatic rings. The van der Waals surface area contributed by atoms with Crippen molar-refractivity contribution in [3.63, 3.8) is 0 Å². The fraction of sp³-hybridized carbons (Fsp3) is 0.667. The largest absolute Gasteiger partial charge is 0.310 e. The standard InChI is InChI=1S/C18H27BrFN/c1-3-11-21-18(15-8-6-5-7-13(15)4-2)16-10-9-14(19)12-17(16)20/h9-10,12-13,15,18,21H,3-8,11H2,1-2H3. The molecule has 2 rings (SSSR count). The molecule has 1 aliphatic rings. The van der Waals surface area contributed by atoms with Crippen LogP contribution >= 0.6 is 15.9 Å². The molecule has 1 saturated carbocycles. The number of hydrogen-bond acceptors (Lipinski definition) is 1. The van der Waals surface area contributed by atoms with Crippen molar-refractivity contribution in [2.45, 2.75) is 58.4 Å². The van der Waals surface area contributed by atoms with Crippen molar-refractivity contribution in [1.29, 1.82) is 0 Å². The van der Waals surface area contributed by atoms with Gasteiger partial charge in [0.15, 0.2) is 0 Å². The van der Waals surface area contributed by atoms with Gasteiger partial charge in [0.2, 0.25) is 0 Å². The number of rotatable bonds is 6. The summed E-state index contributed by atoms with van der Waals surface area (Å²) >= 11 is 3.36. The molecule has 21 heavy (non-hydrogen) atoms. The van der Waals surface area contributed by atoms with E-state index in [1.54, 1.807) is 6.07 Å². The van der Waals surface area contributed by atoms with Crippen LogP contribution in [0.5, 0.6) is 0 Å². The van der Waals surface area contributed by atoms with Crippen molar-refractivity contribution in [3.05, 3.63) is 34.1 Å². The zero-order chi connectivity index (χ0) is 15.2. The topological polar surface area (TPSA) is 12.0 Å². The van der Waals surface area contributed by atoms with Crippen molar-refractivity contribution in [2.24, 2.45) is 11.8 Å². The molecule has 0 radical (unpaired) electrons. The molecule has 0 aliphatic heterocycles. The highest BCUT2D eigenvalue weighted by molar-refractivity contribution is 9.10. The molecule has 1 nitrogen and oxygen atoms in total. The number of hydrogen-bond donors (Lipinski definition) is 1. The third-order valence-corrected chi connectivity index (χ3v) is 5.33. The molecule has 3 unspecified atom stereocenters. The monoisotopic (exact) mass is 355 g/mol. The zero-order valence-electron chi connectivity index (χ0n) is 13.2. The van der Waals surface area contributed by atoms with E-state index in [9.17, 15) is 4.39 Å². The predicted octanol–water partition coefficient (Wildman–Crippen LogP) is 5.85. The zero-order valence-corrected chi connectivity index (χ0v) is 14.8. The molecule has 1 N–H and O–H groups in total. The lowest BCUT2D eigenvalue weighted by Gasteiger charge is -2.38. The Hall–Kier alpha value is -0.410. The Bertz CT molecular complexity index is 449. The van der Waals surface area contributed by atoms with Crippen LogP contribution in [0.1, 0.15) is 64.0 Å². The first kappa shape index (κ1) is 17.0. The molecule has 1 fully saturated rings. The Morgan fingerprint density at radius 1 is 1.29 bits per heavy atom. The quantitative estimate of drug-likeness (QED) is 0.675. The molecule has 0 amide bonds. The normalized spacial score (nSPS) is 24.0. The van der Waals surface area contributed by atoms with Gasteiger partial charge in [0, 0.05) is 16.1 Å². The summed E-state index contributed by atoms with van der Waals surface area (Å²) in [6.45, 7) is 5.39. The van der Waals surface area contributed by atoms with Gasteiger partial charge in [0.25, 0.3) is 0 Å². The van der Waals surface area contributed by atoms with E-state index >= 15 is 0 Å². The molecule has 1 aromatic carbocycles. The molecule has 1 aliphatic carbocycles. The van der Waals surface area contributed by atoms with Crippen LogP contribution in [-0.4, -0.2) is 6.54 Å². The second-order valence-electron chi connectivity index (χ2n) is 6.21. The highest BCUT2D eigenvalue weighted by Gasteiger charge is 2.32. The average molecular weight is 356 g/mol. The highest BCUT2D eigenvalue weighted by Crippen LogP contribution is 2.41. The summed E-state index contributed by atoms with van der Waals surface area (Å²) in [6.07, 6.45) is 7.41. The maximum absolute atomic E-state index is 14.4. The van der Waals surface area contributed by atoms with Gasteiger partial charge in [-0.25, -0.2) is 4.39 Å². The van der Waals surface area contributed by atoms with Gasteiger partial charge in [-0.3, -0.25) is 0 Å². The van der Waals surface area contributed by atoms with Crippen LogP contribution in [0.3, 0.4) is 0 Å². The van der Waals surface area contributed by atoms with Gasteiger partial charge >= 0.3 is 0 Å². The van der Waals surface area contributed by atoms with E-state index in [4.69, 9.17) is 0 Å². The van der Waals surface area contributed by atoms with E-state index in [0.717, 1.165) is 28.9 Å². The van der Waals surface area contributed by atoms with Crippen molar-refractivity contribution < 1.29 is 4.39 Å². The van der Waals surface area contributed by atoms with E-state index in [1.165, 1.54) is 32.1 Å². The maximum Gasteiger partial charge on any atom is 0.129 e. The molecule has 0 saturated heterocycles. The second-order valence-corrected chi connectivity index (χ2v) is 7.13. The highest BCUT2D eigenvalue weighted by atomic mass is 79.9. The lowest BCUT2D eigenvalue weighted by molar-refractivity contribution is 0.173. The minimum absolute atomic E-state index is 0.0848. The van der Waals surface area contributed by atoms with Crippen LogP contribution in [-0.2, 0) is 0 Å². The Kier molecular flexibility index (Phi) is 6.69. The summed E-state index contributed by atoms with van der Waals surface area (Å²) in [7, 11) is 0. The Morgan fingerprint density at radius 3 is 2.71 bits per heavy atom. The van der Waals surface area contributed by atoms with Gasteiger partial charge in [-0.2, -0.15) is 0 Å². The van der Waals surface area contributed by atoms with Gasteiger partial charge in [-0.15, -0.1) is 0 Å². The van der Waals surface area contributed by atoms with Gasteiger partial charge in [0.05, 0.1) is 0 Å². The first-order chi connectivity index (χ1) is 10.2. The summed E-state index contributed by atoms with van der Waals surface area (Å²) in [5.74, 6) is 1.19. The van der Waals surface area contributed by atoms with E-state index in [1.807, 2.05) is 12.1 Å². The first-order valence-corrected chi connectivity index (χ1v) is 9.15. The fourth-order valence-electron chi connectivity index (χ4n) is 3.73. The van der Waals surface area contributed by atoms with Crippen molar-refractivity contribution in [2.75, 3.05) is 6.54 Å². The van der Waals surface area contributed by atoms with E-state index in [0.29, 0.717) is 5.92 Å². The van der Waals surface area contributed by atoms with E-state index in [-0.39, 0.29) is 11.9 Å². The second kappa shape index (κ2) is 8.28. The summed E-state index contributed by atoms with van der Waals surface area (Å²) in [5.41, 5.74) is 0.844. The molecular formula is C18H27BrFN. The summed E-state index contributed by atoms with van der Waals surface area (Å²) in [6, 6.07) is 5.67. The lowest BCUT2D eigenvalue weighted by Crippen LogP contribution is -2.35. The molecule has 0 aromatic heterocycles. The Labute approximate surface area is 136 Å². The molecular weight excluding hydrogens is 329 g/mol. The molecule has 118 valence electrons. The third kappa shape index (κ3) is 4.29.